The second-order valence-corrected chi connectivity index (χ2v) is 3.89. The molecule has 1 aromatic carbocycles. The maximum atomic E-state index is 10.5. The first-order valence-electron chi connectivity index (χ1n) is 5.20. The van der Waals surface area contributed by atoms with Crippen molar-refractivity contribution in [1.29, 1.82) is 0 Å². The Kier molecular flexibility index (Phi) is 4.31. The van der Waals surface area contributed by atoms with Crippen molar-refractivity contribution < 1.29 is 15.2 Å². The molecule has 3 heteroatoms. The van der Waals surface area contributed by atoms with E-state index >= 15 is 0 Å². The summed E-state index contributed by atoms with van der Waals surface area (Å²) >= 11 is 0. The maximum absolute atomic E-state index is 10.5. The Morgan fingerprint density at radius 1 is 1.33 bits per heavy atom. The summed E-state index contributed by atoms with van der Waals surface area (Å²) < 4.78 is 0. The van der Waals surface area contributed by atoms with Crippen LogP contribution in [0.3, 0.4) is 0 Å². The van der Waals surface area contributed by atoms with E-state index in [2.05, 4.69) is 6.92 Å². The van der Waals surface area contributed by atoms with Crippen LogP contribution in [0.15, 0.2) is 30.3 Å². The van der Waals surface area contributed by atoms with E-state index in [-0.39, 0.29) is 6.04 Å². The summed E-state index contributed by atoms with van der Waals surface area (Å²) in [6.07, 6.45) is 0. The van der Waals surface area contributed by atoms with Gasteiger partial charge in [-0.3, -0.25) is 0 Å². The van der Waals surface area contributed by atoms with Gasteiger partial charge in [0.05, 0.1) is 6.54 Å². The Labute approximate surface area is 90.1 Å². The molecule has 0 radical (unpaired) electrons. The topological polar surface area (TPSA) is 56.7 Å². The summed E-state index contributed by atoms with van der Waals surface area (Å²) in [6, 6.07) is 10.3. The summed E-state index contributed by atoms with van der Waals surface area (Å²) in [5.74, 6) is -1.39. The van der Waals surface area contributed by atoms with Crippen molar-refractivity contribution in [3.63, 3.8) is 0 Å². The molecule has 0 amide bonds. The quantitative estimate of drug-likeness (QED) is 0.720. The Bertz CT molecular complexity index is 311. The Morgan fingerprint density at radius 2 is 1.93 bits per heavy atom. The third kappa shape index (κ3) is 3.72. The van der Waals surface area contributed by atoms with Gasteiger partial charge in [-0.05, 0) is 6.92 Å². The highest BCUT2D eigenvalue weighted by atomic mass is 16.4. The molecule has 0 bridgehead atoms. The van der Waals surface area contributed by atoms with Crippen molar-refractivity contribution >= 4 is 5.97 Å². The van der Waals surface area contributed by atoms with Crippen molar-refractivity contribution in [2.45, 2.75) is 19.9 Å². The minimum atomic E-state index is -0.980. The molecule has 2 atom stereocenters. The van der Waals surface area contributed by atoms with E-state index in [1.165, 1.54) is 5.56 Å². The van der Waals surface area contributed by atoms with Crippen molar-refractivity contribution in [2.75, 3.05) is 6.54 Å². The molecule has 0 saturated carbocycles. The average molecular weight is 207 g/mol. The van der Waals surface area contributed by atoms with Gasteiger partial charge in [-0.15, -0.1) is 0 Å². The Hall–Kier alpha value is -1.35. The van der Waals surface area contributed by atoms with Gasteiger partial charge in [0.2, 0.25) is 0 Å². The summed E-state index contributed by atoms with van der Waals surface area (Å²) in [5, 5.41) is 12.5. The summed E-state index contributed by atoms with van der Waals surface area (Å²) in [6.45, 7) is 4.29. The zero-order valence-corrected chi connectivity index (χ0v) is 9.14. The molecule has 0 unspecified atom stereocenters. The maximum Gasteiger partial charge on any atom is 0.109 e. The van der Waals surface area contributed by atoms with E-state index in [4.69, 9.17) is 0 Å². The second-order valence-electron chi connectivity index (χ2n) is 3.89. The number of carboxylic acid groups (broad SMARTS) is 1. The molecule has 0 aromatic heterocycles. The first-order valence-corrected chi connectivity index (χ1v) is 5.20. The first kappa shape index (κ1) is 11.7. The van der Waals surface area contributed by atoms with E-state index in [9.17, 15) is 9.90 Å². The van der Waals surface area contributed by atoms with Crippen LogP contribution in [0.25, 0.3) is 0 Å². The number of carbonyl (C=O) groups is 1. The molecular formula is C12H17NO2. The lowest BCUT2D eigenvalue weighted by Crippen LogP contribution is -2.86. The molecule has 2 N–H and O–H groups in total. The van der Waals surface area contributed by atoms with Crippen molar-refractivity contribution in [1.82, 2.24) is 0 Å². The lowest BCUT2D eigenvalue weighted by molar-refractivity contribution is -0.696. The smallest absolute Gasteiger partial charge is 0.109 e. The van der Waals surface area contributed by atoms with Gasteiger partial charge in [0.15, 0.2) is 0 Å². The van der Waals surface area contributed by atoms with Gasteiger partial charge in [0, 0.05) is 17.5 Å². The van der Waals surface area contributed by atoms with Crippen molar-refractivity contribution in [2.24, 2.45) is 5.92 Å². The van der Waals surface area contributed by atoms with E-state index in [1.54, 1.807) is 6.92 Å². The molecule has 0 fully saturated rings. The minimum Gasteiger partial charge on any atom is -0.550 e. The number of nitrogens with two attached hydrogens (primary N) is 1. The zero-order chi connectivity index (χ0) is 11.3. The van der Waals surface area contributed by atoms with Crippen LogP contribution >= 0.6 is 0 Å². The predicted octanol–water partition coefficient (Wildman–Crippen LogP) is -0.303. The predicted molar refractivity (Wildman–Crippen MR) is 55.8 cm³/mol. The number of hydrogen-bond donors (Lipinski definition) is 1. The van der Waals surface area contributed by atoms with Crippen LogP contribution in [0.5, 0.6) is 0 Å². The molecule has 0 saturated heterocycles. The van der Waals surface area contributed by atoms with Crippen LogP contribution in [0.2, 0.25) is 0 Å². The fourth-order valence-corrected chi connectivity index (χ4v) is 1.40. The van der Waals surface area contributed by atoms with Crippen molar-refractivity contribution in [3.05, 3.63) is 35.9 Å². The van der Waals surface area contributed by atoms with Crippen LogP contribution in [0.4, 0.5) is 0 Å². The normalized spacial score (nSPS) is 14.5. The standard InChI is InChI=1S/C12H17NO2/c1-9(12(14)15)8-13-10(2)11-6-4-3-5-7-11/h3-7,9-10,13H,8H2,1-2H3,(H,14,15)/t9-,10-/m1/s1. The van der Waals surface area contributed by atoms with Crippen LogP contribution in [0.1, 0.15) is 25.5 Å². The van der Waals surface area contributed by atoms with Gasteiger partial charge in [-0.2, -0.15) is 0 Å². The SMILES string of the molecule is C[C@H](C[NH2+][C@H](C)c1ccccc1)C(=O)[O-]. The molecular weight excluding hydrogens is 190 g/mol. The molecule has 15 heavy (non-hydrogen) atoms. The van der Waals surface area contributed by atoms with Gasteiger partial charge >= 0.3 is 0 Å². The van der Waals surface area contributed by atoms with Gasteiger partial charge in [-0.25, -0.2) is 0 Å². The number of quaternary nitrogens is 1. The van der Waals surface area contributed by atoms with Crippen LogP contribution in [0, 0.1) is 5.92 Å². The fourth-order valence-electron chi connectivity index (χ4n) is 1.40. The molecule has 0 aliphatic heterocycles. The summed E-state index contributed by atoms with van der Waals surface area (Å²) in [5.41, 5.74) is 1.21. The van der Waals surface area contributed by atoms with E-state index < -0.39 is 11.9 Å². The summed E-state index contributed by atoms with van der Waals surface area (Å²) in [4.78, 5) is 10.5. The Morgan fingerprint density at radius 3 is 2.47 bits per heavy atom. The number of carbonyl (C=O) groups excluding carboxylic acids is 1. The molecule has 0 spiro atoms. The average Bonchev–Trinajstić information content (AvgIpc) is 2.26. The number of hydrogen-bond acceptors (Lipinski definition) is 2. The van der Waals surface area contributed by atoms with Crippen LogP contribution < -0.4 is 10.4 Å². The van der Waals surface area contributed by atoms with Crippen molar-refractivity contribution in [3.8, 4) is 0 Å². The van der Waals surface area contributed by atoms with Gasteiger partial charge in [-0.1, -0.05) is 37.3 Å². The zero-order valence-electron chi connectivity index (χ0n) is 9.14. The molecule has 0 aliphatic carbocycles. The van der Waals surface area contributed by atoms with E-state index in [1.807, 2.05) is 35.6 Å². The number of aliphatic carboxylic acids is 1. The molecule has 3 nitrogen and oxygen atoms in total. The van der Waals surface area contributed by atoms with Gasteiger partial charge in [0.1, 0.15) is 6.04 Å². The fraction of sp³-hybridized carbons (Fsp3) is 0.417. The molecule has 0 aliphatic rings. The third-order valence-electron chi connectivity index (χ3n) is 2.57. The van der Waals surface area contributed by atoms with Crippen LogP contribution in [-0.4, -0.2) is 12.5 Å². The lowest BCUT2D eigenvalue weighted by Gasteiger charge is -2.15. The summed E-state index contributed by atoms with van der Waals surface area (Å²) in [7, 11) is 0. The molecule has 82 valence electrons. The first-order chi connectivity index (χ1) is 7.11. The van der Waals surface area contributed by atoms with Gasteiger partial charge < -0.3 is 15.2 Å². The van der Waals surface area contributed by atoms with E-state index in [0.29, 0.717) is 6.54 Å². The molecule has 0 heterocycles. The highest BCUT2D eigenvalue weighted by molar-refractivity contribution is 5.67. The van der Waals surface area contributed by atoms with Crippen LogP contribution in [-0.2, 0) is 4.79 Å². The number of rotatable bonds is 5. The molecule has 1 aromatic rings. The Balaban J connectivity index is 2.43. The second kappa shape index (κ2) is 5.51. The highest BCUT2D eigenvalue weighted by Gasteiger charge is 2.10. The number of carboxylic acids is 1. The van der Waals surface area contributed by atoms with E-state index in [0.717, 1.165) is 0 Å². The lowest BCUT2D eigenvalue weighted by atomic mass is 10.1. The van der Waals surface area contributed by atoms with Gasteiger partial charge in [0.25, 0.3) is 0 Å². The third-order valence-corrected chi connectivity index (χ3v) is 2.57. The largest absolute Gasteiger partial charge is 0.550 e. The molecule has 1 rings (SSSR count). The monoisotopic (exact) mass is 207 g/mol. The highest BCUT2D eigenvalue weighted by Crippen LogP contribution is 2.06. The number of benzene rings is 1. The minimum absolute atomic E-state index is 0.285.